The van der Waals surface area contributed by atoms with E-state index < -0.39 is 11.7 Å². The van der Waals surface area contributed by atoms with Crippen LogP contribution in [0.1, 0.15) is 131 Å². The number of hydrogen-bond donors (Lipinski definition) is 1. The number of ether oxygens (including phenoxy) is 2. The molecule has 0 aromatic heterocycles. The molecule has 0 saturated carbocycles. The van der Waals surface area contributed by atoms with Crippen molar-refractivity contribution in [2.75, 3.05) is 0 Å². The Morgan fingerprint density at radius 1 is 0.800 bits per heavy atom. The quantitative estimate of drug-likeness (QED) is 0.195. The summed E-state index contributed by atoms with van der Waals surface area (Å²) in [4.78, 5) is 23.4. The number of carbonyl (C=O) groups excluding carboxylic acids is 2. The van der Waals surface area contributed by atoms with Crippen molar-refractivity contribution >= 4 is 12.1 Å². The first-order valence-corrected chi connectivity index (χ1v) is 12.3. The molecule has 2 unspecified atom stereocenters. The lowest BCUT2D eigenvalue weighted by molar-refractivity contribution is -0.148. The van der Waals surface area contributed by atoms with Gasteiger partial charge in [-0.2, -0.15) is 0 Å². The van der Waals surface area contributed by atoms with Gasteiger partial charge in [-0.25, -0.2) is 4.79 Å². The minimum absolute atomic E-state index is 0.277. The highest BCUT2D eigenvalue weighted by molar-refractivity contribution is 5.68. The fourth-order valence-corrected chi connectivity index (χ4v) is 3.57. The second kappa shape index (κ2) is 17.4. The molecular formula is C25H49NO4. The van der Waals surface area contributed by atoms with E-state index in [1.807, 2.05) is 27.7 Å². The first-order chi connectivity index (χ1) is 14.2. The first-order valence-electron chi connectivity index (χ1n) is 12.3. The molecule has 178 valence electrons. The van der Waals surface area contributed by atoms with Gasteiger partial charge in [-0.3, -0.25) is 4.79 Å². The van der Waals surface area contributed by atoms with E-state index in [-0.39, 0.29) is 18.1 Å². The maximum absolute atomic E-state index is 12.0. The van der Waals surface area contributed by atoms with Crippen LogP contribution in [0.15, 0.2) is 0 Å². The Morgan fingerprint density at radius 2 is 1.23 bits per heavy atom. The van der Waals surface area contributed by atoms with Gasteiger partial charge in [0.1, 0.15) is 11.7 Å². The Hall–Kier alpha value is -1.26. The number of carbonyl (C=O) groups is 2. The van der Waals surface area contributed by atoms with Crippen molar-refractivity contribution in [1.82, 2.24) is 5.32 Å². The van der Waals surface area contributed by atoms with Crippen molar-refractivity contribution in [1.29, 1.82) is 0 Å². The van der Waals surface area contributed by atoms with Crippen LogP contribution < -0.4 is 5.32 Å². The molecule has 0 radical (unpaired) electrons. The van der Waals surface area contributed by atoms with Gasteiger partial charge in [0.25, 0.3) is 0 Å². The second-order valence-electron chi connectivity index (χ2n) is 9.61. The van der Waals surface area contributed by atoms with Crippen LogP contribution >= 0.6 is 0 Å². The van der Waals surface area contributed by atoms with Gasteiger partial charge >= 0.3 is 12.1 Å². The Balaban J connectivity index is 3.89. The van der Waals surface area contributed by atoms with Gasteiger partial charge in [-0.05, 0) is 40.5 Å². The third-order valence-electron chi connectivity index (χ3n) is 5.21. The van der Waals surface area contributed by atoms with Gasteiger partial charge in [-0.1, -0.05) is 84.0 Å². The number of hydrogen-bond acceptors (Lipinski definition) is 4. The number of amides is 1. The zero-order chi connectivity index (χ0) is 22.8. The minimum Gasteiger partial charge on any atom is -0.460 e. The van der Waals surface area contributed by atoms with E-state index >= 15 is 0 Å². The molecule has 0 aliphatic rings. The largest absolute Gasteiger partial charge is 0.460 e. The average Bonchev–Trinajstić information content (AvgIpc) is 2.62. The van der Waals surface area contributed by atoms with E-state index in [0.29, 0.717) is 0 Å². The molecule has 0 bridgehead atoms. The van der Waals surface area contributed by atoms with E-state index in [1.54, 1.807) is 0 Å². The molecular weight excluding hydrogens is 378 g/mol. The van der Waals surface area contributed by atoms with E-state index in [2.05, 4.69) is 12.2 Å². The molecule has 5 nitrogen and oxygen atoms in total. The number of alkyl carbamates (subject to hydrolysis) is 1. The van der Waals surface area contributed by atoms with E-state index in [9.17, 15) is 9.59 Å². The second-order valence-corrected chi connectivity index (χ2v) is 9.61. The van der Waals surface area contributed by atoms with Crippen molar-refractivity contribution in [2.24, 2.45) is 0 Å². The third kappa shape index (κ3) is 18.7. The molecule has 0 heterocycles. The highest BCUT2D eigenvalue weighted by Crippen LogP contribution is 2.16. The summed E-state index contributed by atoms with van der Waals surface area (Å²) in [5.41, 5.74) is -0.546. The monoisotopic (exact) mass is 427 g/mol. The Labute approximate surface area is 186 Å². The summed E-state index contributed by atoms with van der Waals surface area (Å²) >= 11 is 0. The summed E-state index contributed by atoms with van der Waals surface area (Å²) in [6.07, 6.45) is 16.9. The van der Waals surface area contributed by atoms with Crippen molar-refractivity contribution in [3.8, 4) is 0 Å². The lowest BCUT2D eigenvalue weighted by atomic mass is 10.0. The summed E-state index contributed by atoms with van der Waals surface area (Å²) < 4.78 is 10.7. The molecule has 0 rings (SSSR count). The van der Waals surface area contributed by atoms with Gasteiger partial charge in [-0.15, -0.1) is 0 Å². The zero-order valence-electron chi connectivity index (χ0n) is 20.7. The van der Waals surface area contributed by atoms with Gasteiger partial charge in [0.2, 0.25) is 0 Å². The maximum atomic E-state index is 12.0. The normalized spacial score (nSPS) is 13.5. The van der Waals surface area contributed by atoms with E-state index in [4.69, 9.17) is 9.47 Å². The van der Waals surface area contributed by atoms with Crippen LogP contribution in [0.3, 0.4) is 0 Å². The van der Waals surface area contributed by atoms with Crippen LogP contribution in [0, 0.1) is 0 Å². The van der Waals surface area contributed by atoms with Gasteiger partial charge in [0.05, 0.1) is 6.04 Å². The summed E-state index contributed by atoms with van der Waals surface area (Å²) in [5.74, 6) is -0.312. The van der Waals surface area contributed by atoms with E-state index in [1.165, 1.54) is 77.6 Å². The standard InChI is InChI=1S/C25H49NO4/c1-7-8-9-10-11-12-13-14-15-16-17-18-19-20-23(29-22(3)27)21(2)26-24(28)30-25(4,5)6/h21,23H,7-20H2,1-6H3,(H,26,28). The Kier molecular flexibility index (Phi) is 16.7. The van der Waals surface area contributed by atoms with E-state index in [0.717, 1.165) is 19.3 Å². The topological polar surface area (TPSA) is 64.6 Å². The fraction of sp³-hybridized carbons (Fsp3) is 0.920. The summed E-state index contributed by atoms with van der Waals surface area (Å²) in [5, 5.41) is 2.80. The lowest BCUT2D eigenvalue weighted by Crippen LogP contribution is -2.45. The highest BCUT2D eigenvalue weighted by Gasteiger charge is 2.24. The van der Waals surface area contributed by atoms with Gasteiger partial charge < -0.3 is 14.8 Å². The third-order valence-corrected chi connectivity index (χ3v) is 5.21. The van der Waals surface area contributed by atoms with Crippen molar-refractivity contribution in [3.63, 3.8) is 0 Å². The van der Waals surface area contributed by atoms with Crippen molar-refractivity contribution in [2.45, 2.75) is 149 Å². The molecule has 30 heavy (non-hydrogen) atoms. The smallest absolute Gasteiger partial charge is 0.407 e. The molecule has 0 fully saturated rings. The minimum atomic E-state index is -0.546. The molecule has 5 heteroatoms. The average molecular weight is 428 g/mol. The molecule has 0 aromatic carbocycles. The predicted octanol–water partition coefficient (Wildman–Crippen LogP) is 7.31. The van der Waals surface area contributed by atoms with Gasteiger partial charge in [0.15, 0.2) is 0 Å². The SMILES string of the molecule is CCCCCCCCCCCCCCCC(OC(C)=O)C(C)NC(=O)OC(C)(C)C. The van der Waals surface area contributed by atoms with Crippen molar-refractivity contribution in [3.05, 3.63) is 0 Å². The van der Waals surface area contributed by atoms with Crippen molar-refractivity contribution < 1.29 is 19.1 Å². The molecule has 0 aromatic rings. The first kappa shape index (κ1) is 28.7. The number of unbranched alkanes of at least 4 members (excludes halogenated alkanes) is 12. The molecule has 2 atom stereocenters. The summed E-state index contributed by atoms with van der Waals surface area (Å²) in [7, 11) is 0. The maximum Gasteiger partial charge on any atom is 0.407 e. The van der Waals surface area contributed by atoms with Crippen LogP contribution in [-0.4, -0.2) is 29.8 Å². The Bertz CT molecular complexity index is 445. The number of rotatable bonds is 17. The lowest BCUT2D eigenvalue weighted by Gasteiger charge is -2.26. The van der Waals surface area contributed by atoms with Crippen LogP contribution in [-0.2, 0) is 14.3 Å². The molecule has 0 aliphatic heterocycles. The summed E-state index contributed by atoms with van der Waals surface area (Å²) in [6.45, 7) is 11.0. The summed E-state index contributed by atoms with van der Waals surface area (Å²) in [6, 6.07) is -0.277. The predicted molar refractivity (Wildman–Crippen MR) is 125 cm³/mol. The molecule has 1 amide bonds. The van der Waals surface area contributed by atoms with Crippen LogP contribution in [0.2, 0.25) is 0 Å². The molecule has 1 N–H and O–H groups in total. The molecule has 0 aliphatic carbocycles. The highest BCUT2D eigenvalue weighted by atomic mass is 16.6. The van der Waals surface area contributed by atoms with Gasteiger partial charge in [0, 0.05) is 6.92 Å². The zero-order valence-corrected chi connectivity index (χ0v) is 20.7. The Morgan fingerprint density at radius 3 is 1.63 bits per heavy atom. The number of nitrogens with one attached hydrogen (secondary N) is 1. The number of esters is 1. The molecule has 0 saturated heterocycles. The van der Waals surface area contributed by atoms with Crippen LogP contribution in [0.25, 0.3) is 0 Å². The van der Waals surface area contributed by atoms with Crippen LogP contribution in [0.4, 0.5) is 4.79 Å². The fourth-order valence-electron chi connectivity index (χ4n) is 3.57. The molecule has 0 spiro atoms. The van der Waals surface area contributed by atoms with Crippen LogP contribution in [0.5, 0.6) is 0 Å².